The van der Waals surface area contributed by atoms with E-state index in [1.54, 1.807) is 12.1 Å². The number of hydrogen-bond donors (Lipinski definition) is 4. The Bertz CT molecular complexity index is 911. The lowest BCUT2D eigenvalue weighted by atomic mass is 9.74. The highest BCUT2D eigenvalue weighted by Gasteiger charge is 2.51. The van der Waals surface area contributed by atoms with Crippen LogP contribution in [0, 0.1) is 24.5 Å². The number of alkyl halides is 3. The molecule has 172 valence electrons. The highest BCUT2D eigenvalue weighted by atomic mass is 19.4. The third kappa shape index (κ3) is 5.93. The van der Waals surface area contributed by atoms with Crippen molar-refractivity contribution in [3.05, 3.63) is 59.2 Å². The molecule has 6 nitrogen and oxygen atoms in total. The monoisotopic (exact) mass is 450 g/mol. The standard InChI is InChI=1S/C22H26BF3N2O4/c1-14-8-10-15(11-9-14)13-17(23(31)32)27-18(29)20(2,3)28-19(30)21(4)12-6-5-7-16(21)22(24,25)26/h5-8,10,17,31-32H,12-13H2,1-4H3,(H,27,29)(H,28,30)/t17-,21?/m0/s1. The molecule has 0 aliphatic heterocycles. The maximum absolute atomic E-state index is 13.5. The Balaban J connectivity index is 2.14. The minimum Gasteiger partial charge on any atom is -0.426 e. The van der Waals surface area contributed by atoms with Crippen molar-refractivity contribution in [3.8, 4) is 0 Å². The van der Waals surface area contributed by atoms with Gasteiger partial charge in [-0.2, -0.15) is 13.2 Å². The second-order valence-electron chi connectivity index (χ2n) is 8.61. The summed E-state index contributed by atoms with van der Waals surface area (Å²) in [7, 11) is -1.92. The zero-order chi connectivity index (χ0) is 24.3. The minimum atomic E-state index is -4.71. The molecule has 10 heteroatoms. The van der Waals surface area contributed by atoms with E-state index in [2.05, 4.69) is 22.8 Å². The molecule has 1 aliphatic rings. The van der Waals surface area contributed by atoms with Gasteiger partial charge in [0.15, 0.2) is 0 Å². The molecule has 32 heavy (non-hydrogen) atoms. The van der Waals surface area contributed by atoms with Gasteiger partial charge in [-0.25, -0.2) is 0 Å². The van der Waals surface area contributed by atoms with E-state index in [4.69, 9.17) is 0 Å². The average Bonchev–Trinajstić information content (AvgIpc) is 2.68. The van der Waals surface area contributed by atoms with E-state index in [1.807, 2.05) is 6.92 Å². The van der Waals surface area contributed by atoms with Crippen LogP contribution in [-0.4, -0.2) is 46.6 Å². The van der Waals surface area contributed by atoms with Gasteiger partial charge in [-0.15, -0.1) is 0 Å². The van der Waals surface area contributed by atoms with Gasteiger partial charge >= 0.3 is 13.3 Å². The number of rotatable bonds is 7. The van der Waals surface area contributed by atoms with Crippen LogP contribution in [0.1, 0.15) is 38.3 Å². The molecule has 2 amide bonds. The molecule has 0 bridgehead atoms. The van der Waals surface area contributed by atoms with Crippen LogP contribution in [-0.2, 0) is 16.0 Å². The average molecular weight is 450 g/mol. The number of nitrogens with one attached hydrogen (secondary N) is 2. The third-order valence-corrected chi connectivity index (χ3v) is 5.39. The molecule has 2 rings (SSSR count). The van der Waals surface area contributed by atoms with Crippen LogP contribution in [0.3, 0.4) is 0 Å². The maximum Gasteiger partial charge on any atom is 0.475 e. The van der Waals surface area contributed by atoms with Gasteiger partial charge in [0, 0.05) is 11.1 Å². The van der Waals surface area contributed by atoms with Crippen molar-refractivity contribution in [2.75, 3.05) is 0 Å². The van der Waals surface area contributed by atoms with Crippen LogP contribution in [0.2, 0.25) is 0 Å². The molecule has 2 atom stereocenters. The van der Waals surface area contributed by atoms with Crippen molar-refractivity contribution in [2.24, 2.45) is 5.41 Å². The summed E-state index contributed by atoms with van der Waals surface area (Å²) in [6, 6.07) is 9.15. The molecule has 1 aliphatic carbocycles. The predicted octanol–water partition coefficient (Wildman–Crippen LogP) is 1.98. The third-order valence-electron chi connectivity index (χ3n) is 5.39. The summed E-state index contributed by atoms with van der Waals surface area (Å²) in [5, 5.41) is 24.2. The fraction of sp³-hybridized carbons (Fsp3) is 0.455. The molecule has 0 radical (unpaired) electrons. The van der Waals surface area contributed by atoms with Crippen LogP contribution >= 0.6 is 0 Å². The number of allylic oxidation sites excluding steroid dienone is 3. The lowest BCUT2D eigenvalue weighted by Gasteiger charge is -2.36. The van der Waals surface area contributed by atoms with Gasteiger partial charge in [0.25, 0.3) is 0 Å². The van der Waals surface area contributed by atoms with Gasteiger partial charge < -0.3 is 20.7 Å². The number of carbonyl (C=O) groups is 2. The number of amides is 2. The summed E-state index contributed by atoms with van der Waals surface area (Å²) >= 11 is 0. The first-order valence-electron chi connectivity index (χ1n) is 10.0. The van der Waals surface area contributed by atoms with Crippen molar-refractivity contribution in [1.29, 1.82) is 0 Å². The molecule has 1 aromatic carbocycles. The van der Waals surface area contributed by atoms with Crippen LogP contribution in [0.15, 0.2) is 35.9 Å². The zero-order valence-corrected chi connectivity index (χ0v) is 18.3. The topological polar surface area (TPSA) is 98.7 Å². The molecule has 0 spiro atoms. The van der Waals surface area contributed by atoms with Crippen molar-refractivity contribution in [2.45, 2.75) is 58.2 Å². The fourth-order valence-electron chi connectivity index (χ4n) is 3.29. The number of carbonyl (C=O) groups excluding carboxylic acids is 2. The Labute approximate surface area is 185 Å². The summed E-state index contributed by atoms with van der Waals surface area (Å²) in [5.74, 6) is -2.88. The van der Waals surface area contributed by atoms with E-state index in [1.165, 1.54) is 32.9 Å². The lowest BCUT2D eigenvalue weighted by Crippen LogP contribution is -2.61. The summed E-state index contributed by atoms with van der Waals surface area (Å²) in [6.45, 7) is 5.63. The predicted molar refractivity (Wildman–Crippen MR) is 113 cm³/mol. The molecule has 0 saturated heterocycles. The van der Waals surface area contributed by atoms with Crippen LogP contribution in [0.4, 0.5) is 13.2 Å². The molecule has 0 saturated carbocycles. The van der Waals surface area contributed by atoms with Crippen molar-refractivity contribution < 1.29 is 32.8 Å². The summed E-state index contributed by atoms with van der Waals surface area (Å²) < 4.78 is 40.4. The summed E-state index contributed by atoms with van der Waals surface area (Å²) in [6.07, 6.45) is -1.33. The normalized spacial score (nSPS) is 19.5. The highest BCUT2D eigenvalue weighted by Crippen LogP contribution is 2.44. The molecule has 0 aromatic heterocycles. The van der Waals surface area contributed by atoms with Crippen molar-refractivity contribution >= 4 is 18.9 Å². The SMILES string of the molecule is Cc1c#cc(C[C@H](NC(=O)C(C)(C)NC(=O)C2(C)CC=CC=C2C(F)(F)F)B(O)O)cc1. The molecular weight excluding hydrogens is 424 g/mol. The Kier molecular flexibility index (Phi) is 7.48. The minimum absolute atomic E-state index is 0.0215. The van der Waals surface area contributed by atoms with Gasteiger partial charge in [-0.3, -0.25) is 9.59 Å². The Morgan fingerprint density at radius 1 is 1.25 bits per heavy atom. The van der Waals surface area contributed by atoms with Gasteiger partial charge in [-0.1, -0.05) is 36.4 Å². The fourth-order valence-corrected chi connectivity index (χ4v) is 3.29. The molecule has 1 aromatic rings. The smallest absolute Gasteiger partial charge is 0.426 e. The maximum atomic E-state index is 13.5. The van der Waals surface area contributed by atoms with E-state index >= 15 is 0 Å². The van der Waals surface area contributed by atoms with Crippen molar-refractivity contribution in [1.82, 2.24) is 10.6 Å². The van der Waals surface area contributed by atoms with E-state index in [-0.39, 0.29) is 12.8 Å². The number of halogens is 3. The van der Waals surface area contributed by atoms with Gasteiger partial charge in [0.1, 0.15) is 5.54 Å². The molecule has 4 N–H and O–H groups in total. The van der Waals surface area contributed by atoms with Gasteiger partial charge in [0.05, 0.1) is 11.4 Å². The van der Waals surface area contributed by atoms with Crippen LogP contribution in [0.25, 0.3) is 0 Å². The summed E-state index contributed by atoms with van der Waals surface area (Å²) in [4.78, 5) is 25.7. The van der Waals surface area contributed by atoms with Crippen LogP contribution in [0.5, 0.6) is 0 Å². The molecular formula is C22H26BF3N2O4. The largest absolute Gasteiger partial charge is 0.475 e. The second-order valence-corrected chi connectivity index (χ2v) is 8.61. The Morgan fingerprint density at radius 3 is 2.44 bits per heavy atom. The zero-order valence-electron chi connectivity index (χ0n) is 18.3. The van der Waals surface area contributed by atoms with Gasteiger partial charge in [0.2, 0.25) is 11.8 Å². The first-order chi connectivity index (χ1) is 14.7. The van der Waals surface area contributed by atoms with E-state index in [0.717, 1.165) is 11.6 Å². The van der Waals surface area contributed by atoms with E-state index < -0.39 is 47.6 Å². The number of aryl methyl sites for hydroxylation is 1. The van der Waals surface area contributed by atoms with E-state index in [9.17, 15) is 32.8 Å². The second kappa shape index (κ2) is 9.39. The van der Waals surface area contributed by atoms with E-state index in [0.29, 0.717) is 5.56 Å². The lowest BCUT2D eigenvalue weighted by molar-refractivity contribution is -0.142. The first-order valence-corrected chi connectivity index (χ1v) is 10.0. The van der Waals surface area contributed by atoms with Crippen molar-refractivity contribution in [3.63, 3.8) is 0 Å². The van der Waals surface area contributed by atoms with Crippen LogP contribution < -0.4 is 10.6 Å². The quantitative estimate of drug-likeness (QED) is 0.478. The molecule has 0 fully saturated rings. The molecule has 1 unspecified atom stereocenters. The number of hydrogen-bond acceptors (Lipinski definition) is 4. The molecule has 0 heterocycles. The Morgan fingerprint density at radius 2 is 1.91 bits per heavy atom. The highest BCUT2D eigenvalue weighted by molar-refractivity contribution is 6.43. The summed E-state index contributed by atoms with van der Waals surface area (Å²) in [5.41, 5.74) is -3.14. The Hall–Kier alpha value is -2.77. The van der Waals surface area contributed by atoms with Gasteiger partial charge in [-0.05, 0) is 52.2 Å². The first kappa shape index (κ1) is 25.5.